The maximum Gasteiger partial charge on any atom is 0.390 e. The minimum Gasteiger partial charge on any atom is -0.380 e. The van der Waals surface area contributed by atoms with Crippen molar-refractivity contribution in [2.45, 2.75) is 19.5 Å². The van der Waals surface area contributed by atoms with Crippen LogP contribution in [0.4, 0.5) is 13.2 Å². The number of hydrogen-bond donors (Lipinski definition) is 1. The minimum absolute atomic E-state index is 0.000903. The molecule has 0 saturated carbocycles. The van der Waals surface area contributed by atoms with Gasteiger partial charge >= 0.3 is 6.18 Å². The van der Waals surface area contributed by atoms with E-state index in [1.54, 1.807) is 0 Å². The van der Waals surface area contributed by atoms with Crippen molar-refractivity contribution >= 4 is 0 Å². The first kappa shape index (κ1) is 10.8. The van der Waals surface area contributed by atoms with E-state index in [1.165, 1.54) is 0 Å². The van der Waals surface area contributed by atoms with E-state index in [-0.39, 0.29) is 12.0 Å². The molecule has 0 aromatic rings. The Balaban J connectivity index is 2.01. The van der Waals surface area contributed by atoms with Crippen molar-refractivity contribution in [1.82, 2.24) is 5.32 Å². The Kier molecular flexibility index (Phi) is 3.18. The van der Waals surface area contributed by atoms with Gasteiger partial charge in [-0.25, -0.2) is 0 Å². The molecule has 1 aliphatic rings. The Morgan fingerprint density at radius 3 is 2.38 bits per heavy atom. The van der Waals surface area contributed by atoms with Gasteiger partial charge in [0.05, 0.1) is 19.6 Å². The van der Waals surface area contributed by atoms with Crippen molar-refractivity contribution in [2.24, 2.45) is 5.41 Å². The van der Waals surface area contributed by atoms with E-state index in [0.717, 1.165) is 0 Å². The van der Waals surface area contributed by atoms with Crippen LogP contribution in [0.15, 0.2) is 0 Å². The Hall–Kier alpha value is -0.290. The SMILES string of the molecule is CC1(CNCCC(F)(F)F)COC1. The van der Waals surface area contributed by atoms with Gasteiger partial charge in [0.2, 0.25) is 0 Å². The highest BCUT2D eigenvalue weighted by Crippen LogP contribution is 2.25. The maximum atomic E-state index is 11.7. The molecule has 78 valence electrons. The number of halogens is 3. The highest BCUT2D eigenvalue weighted by atomic mass is 19.4. The van der Waals surface area contributed by atoms with Crippen molar-refractivity contribution in [3.8, 4) is 0 Å². The molecule has 1 heterocycles. The third-order valence-electron chi connectivity index (χ3n) is 2.04. The lowest BCUT2D eigenvalue weighted by atomic mass is 9.89. The molecule has 5 heteroatoms. The van der Waals surface area contributed by atoms with E-state index in [2.05, 4.69) is 5.32 Å². The topological polar surface area (TPSA) is 21.3 Å². The summed E-state index contributed by atoms with van der Waals surface area (Å²) >= 11 is 0. The number of rotatable bonds is 4. The molecular formula is C8H14F3NO. The summed E-state index contributed by atoms with van der Waals surface area (Å²) < 4.78 is 40.1. The summed E-state index contributed by atoms with van der Waals surface area (Å²) in [4.78, 5) is 0. The van der Waals surface area contributed by atoms with Crippen LogP contribution < -0.4 is 5.32 Å². The predicted molar refractivity (Wildman–Crippen MR) is 42.5 cm³/mol. The molecule has 1 N–H and O–H groups in total. The van der Waals surface area contributed by atoms with Crippen LogP contribution in [0, 0.1) is 5.41 Å². The fraction of sp³-hybridized carbons (Fsp3) is 1.00. The lowest BCUT2D eigenvalue weighted by Gasteiger charge is -2.38. The van der Waals surface area contributed by atoms with Crippen molar-refractivity contribution in [1.29, 1.82) is 0 Å². The summed E-state index contributed by atoms with van der Waals surface area (Å²) in [5.74, 6) is 0. The summed E-state index contributed by atoms with van der Waals surface area (Å²) in [6.45, 7) is 3.89. The monoisotopic (exact) mass is 197 g/mol. The summed E-state index contributed by atoms with van der Waals surface area (Å²) in [7, 11) is 0. The van der Waals surface area contributed by atoms with E-state index in [4.69, 9.17) is 4.74 Å². The molecule has 0 amide bonds. The third kappa shape index (κ3) is 3.95. The van der Waals surface area contributed by atoms with Crippen LogP contribution in [-0.4, -0.2) is 32.5 Å². The van der Waals surface area contributed by atoms with Crippen molar-refractivity contribution in [2.75, 3.05) is 26.3 Å². The molecule has 0 bridgehead atoms. The average molecular weight is 197 g/mol. The molecule has 1 aliphatic heterocycles. The molecule has 13 heavy (non-hydrogen) atoms. The first-order chi connectivity index (χ1) is 5.91. The molecule has 0 unspecified atom stereocenters. The highest BCUT2D eigenvalue weighted by molar-refractivity contribution is 4.82. The minimum atomic E-state index is -4.05. The van der Waals surface area contributed by atoms with E-state index in [0.29, 0.717) is 19.8 Å². The summed E-state index contributed by atoms with van der Waals surface area (Å²) in [5, 5.41) is 2.78. The first-order valence-corrected chi connectivity index (χ1v) is 4.27. The molecule has 1 fully saturated rings. The number of nitrogens with one attached hydrogen (secondary N) is 1. The van der Waals surface area contributed by atoms with Gasteiger partial charge in [0, 0.05) is 18.5 Å². The van der Waals surface area contributed by atoms with Gasteiger partial charge in [-0.3, -0.25) is 0 Å². The van der Waals surface area contributed by atoms with Crippen LogP contribution in [0.2, 0.25) is 0 Å². The molecule has 0 atom stereocenters. The summed E-state index contributed by atoms with van der Waals surface area (Å²) in [6, 6.07) is 0. The van der Waals surface area contributed by atoms with Crippen molar-refractivity contribution in [3.63, 3.8) is 0 Å². The molecule has 0 spiro atoms. The van der Waals surface area contributed by atoms with E-state index in [9.17, 15) is 13.2 Å². The van der Waals surface area contributed by atoms with E-state index < -0.39 is 12.6 Å². The van der Waals surface area contributed by atoms with Crippen LogP contribution in [0.3, 0.4) is 0 Å². The number of hydrogen-bond acceptors (Lipinski definition) is 2. The van der Waals surface area contributed by atoms with Gasteiger partial charge in [-0.2, -0.15) is 13.2 Å². The lowest BCUT2D eigenvalue weighted by Crippen LogP contribution is -2.47. The molecule has 0 aromatic carbocycles. The van der Waals surface area contributed by atoms with Crippen molar-refractivity contribution < 1.29 is 17.9 Å². The Morgan fingerprint density at radius 2 is 2.00 bits per heavy atom. The van der Waals surface area contributed by atoms with Gasteiger partial charge in [0.1, 0.15) is 0 Å². The third-order valence-corrected chi connectivity index (χ3v) is 2.04. The Labute approximate surface area is 75.4 Å². The zero-order valence-corrected chi connectivity index (χ0v) is 7.58. The standard InChI is InChI=1S/C8H14F3NO/c1-7(5-13-6-7)4-12-3-2-8(9,10)11/h12H,2-6H2,1H3. The fourth-order valence-corrected chi connectivity index (χ4v) is 1.17. The molecule has 0 aromatic heterocycles. The molecule has 2 nitrogen and oxygen atoms in total. The number of ether oxygens (including phenoxy) is 1. The fourth-order valence-electron chi connectivity index (χ4n) is 1.17. The molecule has 1 rings (SSSR count). The van der Waals surface area contributed by atoms with Crippen LogP contribution in [-0.2, 0) is 4.74 Å². The smallest absolute Gasteiger partial charge is 0.380 e. The zero-order chi connectivity index (χ0) is 9.95. The largest absolute Gasteiger partial charge is 0.390 e. The molecule has 1 saturated heterocycles. The van der Waals surface area contributed by atoms with Gasteiger partial charge in [0.15, 0.2) is 0 Å². The Bertz CT molecular complexity index is 165. The van der Waals surface area contributed by atoms with Crippen LogP contribution in [0.5, 0.6) is 0 Å². The lowest BCUT2D eigenvalue weighted by molar-refractivity contribution is -0.135. The van der Waals surface area contributed by atoms with E-state index in [1.807, 2.05) is 6.92 Å². The van der Waals surface area contributed by atoms with Gasteiger partial charge in [0.25, 0.3) is 0 Å². The van der Waals surface area contributed by atoms with E-state index >= 15 is 0 Å². The predicted octanol–water partition coefficient (Wildman–Crippen LogP) is 1.56. The zero-order valence-electron chi connectivity index (χ0n) is 7.58. The number of alkyl halides is 3. The first-order valence-electron chi connectivity index (χ1n) is 4.27. The molecular weight excluding hydrogens is 183 g/mol. The second-order valence-electron chi connectivity index (χ2n) is 3.85. The normalized spacial score (nSPS) is 21.2. The second kappa shape index (κ2) is 3.84. The second-order valence-corrected chi connectivity index (χ2v) is 3.85. The van der Waals surface area contributed by atoms with Crippen molar-refractivity contribution in [3.05, 3.63) is 0 Å². The van der Waals surface area contributed by atoms with Gasteiger partial charge in [-0.1, -0.05) is 6.92 Å². The maximum absolute atomic E-state index is 11.7. The Morgan fingerprint density at radius 1 is 1.38 bits per heavy atom. The average Bonchev–Trinajstić information content (AvgIpc) is 1.93. The van der Waals surface area contributed by atoms with Crippen LogP contribution in [0.1, 0.15) is 13.3 Å². The van der Waals surface area contributed by atoms with Crippen LogP contribution >= 0.6 is 0 Å². The summed E-state index contributed by atoms with van der Waals surface area (Å²) in [5.41, 5.74) is 0.0472. The molecule has 0 radical (unpaired) electrons. The quantitative estimate of drug-likeness (QED) is 0.690. The van der Waals surface area contributed by atoms with Crippen LogP contribution in [0.25, 0.3) is 0 Å². The van der Waals surface area contributed by atoms with Gasteiger partial charge in [-0.05, 0) is 0 Å². The summed E-state index contributed by atoms with van der Waals surface area (Å²) in [6.07, 6.45) is -4.81. The molecule has 0 aliphatic carbocycles. The highest BCUT2D eigenvalue weighted by Gasteiger charge is 2.33. The van der Waals surface area contributed by atoms with Gasteiger partial charge < -0.3 is 10.1 Å². The van der Waals surface area contributed by atoms with Gasteiger partial charge in [-0.15, -0.1) is 0 Å².